The van der Waals surface area contributed by atoms with E-state index in [-0.39, 0.29) is 23.3 Å². The van der Waals surface area contributed by atoms with Gasteiger partial charge < -0.3 is 10.1 Å². The van der Waals surface area contributed by atoms with Crippen molar-refractivity contribution in [2.24, 2.45) is 0 Å². The summed E-state index contributed by atoms with van der Waals surface area (Å²) in [6.45, 7) is 1.74. The molecular formula is C17H22N6O4S. The number of nitrogens with zero attached hydrogens (tertiary/aromatic N) is 5. The number of tetrazole rings is 1. The van der Waals surface area contributed by atoms with Crippen LogP contribution in [-0.2, 0) is 4.79 Å². The van der Waals surface area contributed by atoms with E-state index in [1.807, 2.05) is 4.68 Å². The molecule has 0 aliphatic heterocycles. The lowest BCUT2D eigenvalue weighted by Gasteiger charge is -2.22. The number of rotatable bonds is 7. The third kappa shape index (κ3) is 4.58. The minimum Gasteiger partial charge on any atom is -0.495 e. The Morgan fingerprint density at radius 3 is 2.82 bits per heavy atom. The third-order valence-corrected chi connectivity index (χ3v) is 5.73. The van der Waals surface area contributed by atoms with Gasteiger partial charge in [-0.05, 0) is 36.3 Å². The molecule has 0 spiro atoms. The maximum absolute atomic E-state index is 12.6. The summed E-state index contributed by atoms with van der Waals surface area (Å²) < 4.78 is 6.99. The summed E-state index contributed by atoms with van der Waals surface area (Å²) in [6.07, 6.45) is 5.59. The van der Waals surface area contributed by atoms with E-state index in [2.05, 4.69) is 20.8 Å². The summed E-state index contributed by atoms with van der Waals surface area (Å²) in [6, 6.07) is 4.32. The smallest absolute Gasteiger partial charge is 0.271 e. The van der Waals surface area contributed by atoms with Gasteiger partial charge in [0.25, 0.3) is 5.69 Å². The highest BCUT2D eigenvalue weighted by molar-refractivity contribution is 8.00. The number of thioether (sulfide) groups is 1. The van der Waals surface area contributed by atoms with Crippen molar-refractivity contribution in [1.29, 1.82) is 0 Å². The first-order chi connectivity index (χ1) is 13.5. The Bertz CT molecular complexity index is 852. The van der Waals surface area contributed by atoms with E-state index < -0.39 is 10.2 Å². The molecule has 1 saturated carbocycles. The Morgan fingerprint density at radius 2 is 2.14 bits per heavy atom. The molecule has 10 nitrogen and oxygen atoms in total. The first-order valence-corrected chi connectivity index (χ1v) is 9.95. The van der Waals surface area contributed by atoms with Crippen LogP contribution in [0.4, 0.5) is 11.4 Å². The highest BCUT2D eigenvalue weighted by Crippen LogP contribution is 2.33. The minimum atomic E-state index is -0.522. The van der Waals surface area contributed by atoms with E-state index in [1.165, 1.54) is 43.5 Å². The van der Waals surface area contributed by atoms with Crippen LogP contribution in [0.3, 0.4) is 0 Å². The number of hydrogen-bond acceptors (Lipinski definition) is 8. The predicted octanol–water partition coefficient (Wildman–Crippen LogP) is 3.21. The molecule has 1 aliphatic rings. The molecular weight excluding hydrogens is 384 g/mol. The quantitative estimate of drug-likeness (QED) is 0.422. The van der Waals surface area contributed by atoms with Gasteiger partial charge in [0.1, 0.15) is 5.75 Å². The van der Waals surface area contributed by atoms with Crippen LogP contribution in [0.15, 0.2) is 23.4 Å². The Morgan fingerprint density at radius 1 is 1.39 bits per heavy atom. The summed E-state index contributed by atoms with van der Waals surface area (Å²) in [5.41, 5.74) is 0.124. The molecule has 1 atom stereocenters. The van der Waals surface area contributed by atoms with E-state index in [9.17, 15) is 14.9 Å². The number of nitrogens with one attached hydrogen (secondary N) is 1. The fraction of sp³-hybridized carbons (Fsp3) is 0.529. The van der Waals surface area contributed by atoms with Crippen LogP contribution >= 0.6 is 11.8 Å². The lowest BCUT2D eigenvalue weighted by Crippen LogP contribution is -2.24. The number of nitro benzene ring substituents is 1. The molecule has 1 fully saturated rings. The van der Waals surface area contributed by atoms with Gasteiger partial charge in [-0.1, -0.05) is 31.0 Å². The van der Waals surface area contributed by atoms with Crippen LogP contribution < -0.4 is 10.1 Å². The van der Waals surface area contributed by atoms with Crippen molar-refractivity contribution in [1.82, 2.24) is 20.2 Å². The zero-order chi connectivity index (χ0) is 20.1. The van der Waals surface area contributed by atoms with Gasteiger partial charge in [-0.3, -0.25) is 14.9 Å². The predicted molar refractivity (Wildman–Crippen MR) is 104 cm³/mol. The molecule has 1 heterocycles. The molecule has 1 N–H and O–H groups in total. The number of benzene rings is 1. The molecule has 1 aromatic carbocycles. The molecule has 0 radical (unpaired) electrons. The van der Waals surface area contributed by atoms with Crippen molar-refractivity contribution in [3.05, 3.63) is 28.3 Å². The Balaban J connectivity index is 1.70. The molecule has 1 unspecified atom stereocenters. The monoisotopic (exact) mass is 406 g/mol. The first kappa shape index (κ1) is 20.1. The van der Waals surface area contributed by atoms with Gasteiger partial charge in [-0.25, -0.2) is 4.68 Å². The number of non-ortho nitro benzene ring substituents is 1. The van der Waals surface area contributed by atoms with Gasteiger partial charge in [-0.15, -0.1) is 5.10 Å². The van der Waals surface area contributed by atoms with Gasteiger partial charge in [0.15, 0.2) is 0 Å². The average molecular weight is 406 g/mol. The number of hydrogen-bond donors (Lipinski definition) is 1. The highest BCUT2D eigenvalue weighted by Gasteiger charge is 2.24. The van der Waals surface area contributed by atoms with Gasteiger partial charge in [0.2, 0.25) is 11.1 Å². The number of carbonyl (C=O) groups excluding carboxylic acids is 1. The average Bonchev–Trinajstić information content (AvgIpc) is 3.16. The molecule has 1 aliphatic carbocycles. The highest BCUT2D eigenvalue weighted by atomic mass is 32.2. The fourth-order valence-corrected chi connectivity index (χ4v) is 4.03. The molecule has 2 aromatic rings. The van der Waals surface area contributed by atoms with Crippen LogP contribution in [0.25, 0.3) is 0 Å². The van der Waals surface area contributed by atoms with Gasteiger partial charge >= 0.3 is 0 Å². The molecule has 28 heavy (non-hydrogen) atoms. The summed E-state index contributed by atoms with van der Waals surface area (Å²) >= 11 is 1.26. The largest absolute Gasteiger partial charge is 0.495 e. The molecule has 0 saturated heterocycles. The van der Waals surface area contributed by atoms with Crippen LogP contribution in [0.5, 0.6) is 5.75 Å². The fourth-order valence-electron chi connectivity index (χ4n) is 3.17. The maximum Gasteiger partial charge on any atom is 0.271 e. The maximum atomic E-state index is 12.6. The third-order valence-electron chi connectivity index (χ3n) is 4.69. The molecule has 0 bridgehead atoms. The second-order valence-electron chi connectivity index (χ2n) is 6.59. The molecule has 1 aromatic heterocycles. The van der Waals surface area contributed by atoms with Crippen molar-refractivity contribution in [3.8, 4) is 5.75 Å². The lowest BCUT2D eigenvalue weighted by atomic mass is 9.96. The van der Waals surface area contributed by atoms with Crippen molar-refractivity contribution in [3.63, 3.8) is 0 Å². The second kappa shape index (κ2) is 9.00. The molecule has 1 amide bonds. The second-order valence-corrected chi connectivity index (χ2v) is 7.90. The van der Waals surface area contributed by atoms with E-state index in [4.69, 9.17) is 4.74 Å². The molecule has 150 valence electrons. The first-order valence-electron chi connectivity index (χ1n) is 9.07. The number of ether oxygens (including phenoxy) is 1. The zero-order valence-electron chi connectivity index (χ0n) is 15.7. The number of carbonyl (C=O) groups is 1. The Labute approximate surface area is 166 Å². The van der Waals surface area contributed by atoms with Crippen molar-refractivity contribution >= 4 is 29.0 Å². The van der Waals surface area contributed by atoms with E-state index in [1.54, 1.807) is 6.92 Å². The van der Waals surface area contributed by atoms with Crippen molar-refractivity contribution < 1.29 is 14.5 Å². The van der Waals surface area contributed by atoms with Crippen LogP contribution in [0.1, 0.15) is 45.1 Å². The van der Waals surface area contributed by atoms with Crippen LogP contribution in [0, 0.1) is 10.1 Å². The SMILES string of the molecule is COc1ccc([N+](=O)[O-])cc1NC(=O)C(C)Sc1nnnn1C1CCCCC1. The number of aromatic nitrogens is 4. The van der Waals surface area contributed by atoms with Crippen LogP contribution in [-0.4, -0.2) is 43.4 Å². The molecule has 11 heteroatoms. The number of nitro groups is 1. The summed E-state index contributed by atoms with van der Waals surface area (Å²) in [5.74, 6) is 0.0326. The number of anilines is 1. The summed E-state index contributed by atoms with van der Waals surface area (Å²) in [7, 11) is 1.44. The van der Waals surface area contributed by atoms with Crippen LogP contribution in [0.2, 0.25) is 0 Å². The van der Waals surface area contributed by atoms with E-state index in [0.717, 1.165) is 25.7 Å². The van der Waals surface area contributed by atoms with Gasteiger partial charge in [0.05, 0.1) is 29.0 Å². The van der Waals surface area contributed by atoms with Gasteiger partial charge in [0, 0.05) is 12.1 Å². The molecule has 3 rings (SSSR count). The van der Waals surface area contributed by atoms with E-state index in [0.29, 0.717) is 10.9 Å². The lowest BCUT2D eigenvalue weighted by molar-refractivity contribution is -0.384. The number of amides is 1. The van der Waals surface area contributed by atoms with Crippen molar-refractivity contribution in [2.75, 3.05) is 12.4 Å². The number of methoxy groups -OCH3 is 1. The van der Waals surface area contributed by atoms with E-state index >= 15 is 0 Å². The zero-order valence-corrected chi connectivity index (χ0v) is 16.5. The summed E-state index contributed by atoms with van der Waals surface area (Å²) in [4.78, 5) is 23.1. The summed E-state index contributed by atoms with van der Waals surface area (Å²) in [5, 5.41) is 25.7. The topological polar surface area (TPSA) is 125 Å². The van der Waals surface area contributed by atoms with Crippen molar-refractivity contribution in [2.45, 2.75) is 55.5 Å². The Hall–Kier alpha value is -2.69. The Kier molecular flexibility index (Phi) is 6.45. The van der Waals surface area contributed by atoms with Gasteiger partial charge in [-0.2, -0.15) is 0 Å². The standard InChI is InChI=1S/C17H22N6O4S/c1-11(28-17-19-20-21-22(17)12-6-4-3-5-7-12)16(24)18-14-10-13(23(25)26)8-9-15(14)27-2/h8-12H,3-7H2,1-2H3,(H,18,24). The normalized spacial score (nSPS) is 15.8. The minimum absolute atomic E-state index is 0.127.